The van der Waals surface area contributed by atoms with Gasteiger partial charge >= 0.3 is 0 Å². The number of carbonyl (C=O) groups excluding carboxylic acids is 2. The van der Waals surface area contributed by atoms with Crippen molar-refractivity contribution in [1.82, 2.24) is 5.16 Å². The van der Waals surface area contributed by atoms with E-state index < -0.39 is 0 Å². The van der Waals surface area contributed by atoms with E-state index in [0.29, 0.717) is 22.6 Å². The fourth-order valence-corrected chi connectivity index (χ4v) is 3.17. The third-order valence-corrected chi connectivity index (χ3v) is 4.63. The first kappa shape index (κ1) is 18.4. The Balaban J connectivity index is 1.64. The summed E-state index contributed by atoms with van der Waals surface area (Å²) in [5.41, 5.74) is 5.18. The highest BCUT2D eigenvalue weighted by atomic mass is 16.5. The van der Waals surface area contributed by atoms with Gasteiger partial charge in [0, 0.05) is 22.4 Å². The molecule has 5 heteroatoms. The summed E-state index contributed by atoms with van der Waals surface area (Å²) in [4.78, 5) is 23.3. The second kappa shape index (κ2) is 7.94. The average Bonchev–Trinajstić information content (AvgIpc) is 3.16. The average molecular weight is 382 g/mol. The maximum absolute atomic E-state index is 12.5. The molecule has 0 aliphatic carbocycles. The molecule has 0 bridgehead atoms. The van der Waals surface area contributed by atoms with Crippen molar-refractivity contribution in [3.8, 4) is 22.4 Å². The molecule has 1 heterocycles. The number of amides is 1. The summed E-state index contributed by atoms with van der Waals surface area (Å²) in [7, 11) is 0. The molecule has 0 radical (unpaired) electrons. The van der Waals surface area contributed by atoms with E-state index in [0.717, 1.165) is 28.7 Å². The van der Waals surface area contributed by atoms with Crippen LogP contribution in [0.2, 0.25) is 0 Å². The summed E-state index contributed by atoms with van der Waals surface area (Å²) < 4.78 is 5.45. The summed E-state index contributed by atoms with van der Waals surface area (Å²) in [6.45, 7) is 1.87. The lowest BCUT2D eigenvalue weighted by Gasteiger charge is -2.08. The quantitative estimate of drug-likeness (QED) is 0.470. The van der Waals surface area contributed by atoms with E-state index in [1.54, 1.807) is 24.3 Å². The second-order valence-electron chi connectivity index (χ2n) is 6.60. The highest BCUT2D eigenvalue weighted by Crippen LogP contribution is 2.35. The molecule has 0 aliphatic heterocycles. The van der Waals surface area contributed by atoms with Gasteiger partial charge < -0.3 is 9.84 Å². The third kappa shape index (κ3) is 3.84. The molecule has 0 saturated heterocycles. The number of aldehydes is 1. The summed E-state index contributed by atoms with van der Waals surface area (Å²) in [5, 5.41) is 7.12. The van der Waals surface area contributed by atoms with Crippen LogP contribution in [0.25, 0.3) is 22.4 Å². The topological polar surface area (TPSA) is 72.2 Å². The van der Waals surface area contributed by atoms with Crippen molar-refractivity contribution in [2.45, 2.75) is 6.92 Å². The van der Waals surface area contributed by atoms with Gasteiger partial charge in [0.05, 0.1) is 5.56 Å². The van der Waals surface area contributed by atoms with E-state index in [9.17, 15) is 9.59 Å². The Bertz CT molecular complexity index is 1160. The Morgan fingerprint density at radius 2 is 1.66 bits per heavy atom. The molecule has 4 aromatic rings. The number of nitrogens with zero attached hydrogens (tertiary/aromatic N) is 1. The summed E-state index contributed by atoms with van der Waals surface area (Å²) in [6.07, 6.45) is 0.747. The van der Waals surface area contributed by atoms with Crippen LogP contribution in [0.15, 0.2) is 83.4 Å². The molecule has 142 valence electrons. The molecule has 0 spiro atoms. The fourth-order valence-electron chi connectivity index (χ4n) is 3.17. The fraction of sp³-hybridized carbons (Fsp3) is 0.0417. The Morgan fingerprint density at radius 1 is 0.931 bits per heavy atom. The van der Waals surface area contributed by atoms with Crippen LogP contribution in [-0.2, 0) is 0 Å². The van der Waals surface area contributed by atoms with E-state index in [-0.39, 0.29) is 5.91 Å². The first-order valence-corrected chi connectivity index (χ1v) is 9.14. The lowest BCUT2D eigenvalue weighted by Crippen LogP contribution is -2.11. The third-order valence-electron chi connectivity index (χ3n) is 4.63. The van der Waals surface area contributed by atoms with E-state index in [4.69, 9.17) is 4.52 Å². The molecule has 0 unspecified atom stereocenters. The van der Waals surface area contributed by atoms with Gasteiger partial charge in [0.25, 0.3) is 5.91 Å². The smallest absolute Gasteiger partial charge is 0.255 e. The largest absolute Gasteiger partial charge is 0.360 e. The summed E-state index contributed by atoms with van der Waals surface area (Å²) in [5.74, 6) is 0.460. The normalized spacial score (nSPS) is 10.5. The van der Waals surface area contributed by atoms with Crippen molar-refractivity contribution >= 4 is 17.9 Å². The number of benzene rings is 3. The number of carbonyl (C=O) groups is 2. The highest BCUT2D eigenvalue weighted by molar-refractivity contribution is 6.05. The van der Waals surface area contributed by atoms with Crippen LogP contribution in [0.4, 0.5) is 5.69 Å². The van der Waals surface area contributed by atoms with Crippen molar-refractivity contribution in [2.24, 2.45) is 0 Å². The van der Waals surface area contributed by atoms with Crippen LogP contribution in [0, 0.1) is 6.92 Å². The molecule has 3 aromatic carbocycles. The lowest BCUT2D eigenvalue weighted by atomic mass is 9.99. The predicted octanol–water partition coefficient (Wildman–Crippen LogP) is 5.38. The number of rotatable bonds is 5. The molecule has 0 saturated carbocycles. The molecule has 4 rings (SSSR count). The van der Waals surface area contributed by atoms with Crippen molar-refractivity contribution in [2.75, 3.05) is 5.32 Å². The molecule has 0 fully saturated rings. The van der Waals surface area contributed by atoms with Gasteiger partial charge in [-0.05, 0) is 36.8 Å². The number of hydrogen-bond donors (Lipinski definition) is 1. The van der Waals surface area contributed by atoms with Gasteiger partial charge in [0.15, 0.2) is 0 Å². The molecule has 0 atom stereocenters. The predicted molar refractivity (Wildman–Crippen MR) is 112 cm³/mol. The van der Waals surface area contributed by atoms with Gasteiger partial charge in [-0.25, -0.2) is 0 Å². The minimum atomic E-state index is -0.245. The molecule has 1 aromatic heterocycles. The van der Waals surface area contributed by atoms with Gasteiger partial charge in [-0.2, -0.15) is 0 Å². The lowest BCUT2D eigenvalue weighted by molar-refractivity contribution is 0.102. The molecule has 29 heavy (non-hydrogen) atoms. The second-order valence-corrected chi connectivity index (χ2v) is 6.60. The number of anilines is 1. The van der Waals surface area contributed by atoms with Gasteiger partial charge in [-0.15, -0.1) is 0 Å². The van der Waals surface area contributed by atoms with Crippen LogP contribution >= 0.6 is 0 Å². The number of aryl methyl sites for hydroxylation is 1. The van der Waals surface area contributed by atoms with Crippen molar-refractivity contribution in [3.63, 3.8) is 0 Å². The zero-order valence-electron chi connectivity index (χ0n) is 15.8. The van der Waals surface area contributed by atoms with Gasteiger partial charge in [-0.1, -0.05) is 59.8 Å². The number of aromatic nitrogens is 1. The number of hydrogen-bond acceptors (Lipinski definition) is 4. The van der Waals surface area contributed by atoms with Gasteiger partial charge in [0.2, 0.25) is 0 Å². The zero-order chi connectivity index (χ0) is 20.2. The first-order chi connectivity index (χ1) is 14.2. The van der Waals surface area contributed by atoms with E-state index in [1.807, 2.05) is 61.5 Å². The highest BCUT2D eigenvalue weighted by Gasteiger charge is 2.17. The van der Waals surface area contributed by atoms with Crippen molar-refractivity contribution in [3.05, 3.63) is 95.7 Å². The Hall–Kier alpha value is -3.99. The molecule has 1 N–H and O–H groups in total. The molecule has 5 nitrogen and oxygen atoms in total. The maximum atomic E-state index is 12.5. The van der Waals surface area contributed by atoms with Crippen LogP contribution in [0.5, 0.6) is 0 Å². The van der Waals surface area contributed by atoms with E-state index in [1.165, 1.54) is 0 Å². The monoisotopic (exact) mass is 382 g/mol. The van der Waals surface area contributed by atoms with Crippen LogP contribution < -0.4 is 5.32 Å². The molecular weight excluding hydrogens is 364 g/mol. The Labute approximate surface area is 168 Å². The van der Waals surface area contributed by atoms with Gasteiger partial charge in [-0.3, -0.25) is 9.59 Å². The van der Waals surface area contributed by atoms with E-state index >= 15 is 0 Å². The zero-order valence-corrected chi connectivity index (χ0v) is 15.8. The van der Waals surface area contributed by atoms with Crippen LogP contribution in [-0.4, -0.2) is 17.4 Å². The van der Waals surface area contributed by atoms with Crippen LogP contribution in [0.1, 0.15) is 26.5 Å². The van der Waals surface area contributed by atoms with Crippen molar-refractivity contribution < 1.29 is 14.1 Å². The molecular formula is C24H18N2O3. The first-order valence-electron chi connectivity index (χ1n) is 9.14. The Kier molecular flexibility index (Phi) is 5.03. The minimum absolute atomic E-state index is 0.245. The standard InChI is InChI=1S/C24H18N2O3/c1-16-22(23(26-29-16)18-6-3-2-4-7-18)20-8-5-9-21(14-20)25-24(28)19-12-10-17(15-27)11-13-19/h2-15H,1H3,(H,25,28). The number of nitrogens with one attached hydrogen (secondary N) is 1. The molecule has 0 aliphatic rings. The van der Waals surface area contributed by atoms with Gasteiger partial charge in [0.1, 0.15) is 17.7 Å². The molecule has 1 amide bonds. The van der Waals surface area contributed by atoms with Crippen LogP contribution in [0.3, 0.4) is 0 Å². The maximum Gasteiger partial charge on any atom is 0.255 e. The van der Waals surface area contributed by atoms with Crippen molar-refractivity contribution in [1.29, 1.82) is 0 Å². The SMILES string of the molecule is Cc1onc(-c2ccccc2)c1-c1cccc(NC(=O)c2ccc(C=O)cc2)c1. The summed E-state index contributed by atoms with van der Waals surface area (Å²) >= 11 is 0. The van der Waals surface area contributed by atoms with E-state index in [2.05, 4.69) is 10.5 Å². The Morgan fingerprint density at radius 3 is 2.38 bits per heavy atom. The minimum Gasteiger partial charge on any atom is -0.360 e. The summed E-state index contributed by atoms with van der Waals surface area (Å²) in [6, 6.07) is 23.9.